The van der Waals surface area contributed by atoms with Crippen LogP contribution < -0.4 is 5.56 Å². The number of hydrogen-bond acceptors (Lipinski definition) is 4. The van der Waals surface area contributed by atoms with Crippen LogP contribution in [0.4, 0.5) is 0 Å². The van der Waals surface area contributed by atoms with E-state index in [0.717, 1.165) is 12.0 Å². The molecule has 0 aliphatic rings. The van der Waals surface area contributed by atoms with Crippen LogP contribution in [-0.4, -0.2) is 17.6 Å². The molecule has 1 aromatic heterocycles. The summed E-state index contributed by atoms with van der Waals surface area (Å²) >= 11 is 0. The second-order valence-electron chi connectivity index (χ2n) is 4.73. The fourth-order valence-corrected chi connectivity index (χ4v) is 2.10. The molecule has 0 unspecified atom stereocenters. The third kappa shape index (κ3) is 4.60. The molecular formula is C16H20N2O3. The largest absolute Gasteiger partial charge is 0.461 e. The number of aromatic nitrogens is 1. The van der Waals surface area contributed by atoms with Gasteiger partial charge in [-0.1, -0.05) is 19.1 Å². The van der Waals surface area contributed by atoms with Crippen LogP contribution in [0.25, 0.3) is 0 Å². The Kier molecular flexibility index (Phi) is 6.41. The highest BCUT2D eigenvalue weighted by Crippen LogP contribution is 2.15. The first-order chi connectivity index (χ1) is 10.0. The van der Waals surface area contributed by atoms with Crippen molar-refractivity contribution in [2.75, 3.05) is 6.61 Å². The van der Waals surface area contributed by atoms with Crippen molar-refractivity contribution in [1.82, 2.24) is 4.98 Å². The summed E-state index contributed by atoms with van der Waals surface area (Å²) in [5.74, 6) is -0.292. The zero-order chi connectivity index (χ0) is 15.8. The van der Waals surface area contributed by atoms with Gasteiger partial charge in [0.1, 0.15) is 18.2 Å². The molecule has 0 bridgehead atoms. The number of ether oxygens (including phenoxy) is 1. The normalized spacial score (nSPS) is 10.6. The summed E-state index contributed by atoms with van der Waals surface area (Å²) in [5.41, 5.74) is 1.87. The average molecular weight is 288 g/mol. The molecule has 0 fully saturated rings. The molecule has 112 valence electrons. The van der Waals surface area contributed by atoms with E-state index in [1.807, 2.05) is 25.1 Å². The van der Waals surface area contributed by atoms with Gasteiger partial charge in [-0.2, -0.15) is 5.26 Å². The first-order valence-electron chi connectivity index (χ1n) is 6.94. The number of rotatable bonds is 6. The molecule has 1 heterocycles. The van der Waals surface area contributed by atoms with Crippen molar-refractivity contribution in [2.45, 2.75) is 40.0 Å². The lowest BCUT2D eigenvalue weighted by Crippen LogP contribution is -2.17. The van der Waals surface area contributed by atoms with Gasteiger partial charge in [0, 0.05) is 12.1 Å². The average Bonchev–Trinajstić information content (AvgIpc) is 2.43. The number of hydrogen-bond donors (Lipinski definition) is 1. The first kappa shape index (κ1) is 16.7. The van der Waals surface area contributed by atoms with Crippen molar-refractivity contribution >= 4 is 5.97 Å². The number of nitriles is 1. The minimum atomic E-state index is -0.386. The maximum Gasteiger partial charge on any atom is 0.306 e. The van der Waals surface area contributed by atoms with Crippen molar-refractivity contribution in [2.24, 2.45) is 0 Å². The number of carbonyl (C=O) groups is 1. The van der Waals surface area contributed by atoms with Gasteiger partial charge in [-0.25, -0.2) is 0 Å². The number of nitrogens with one attached hydrogen (secondary N) is 1. The highest BCUT2D eigenvalue weighted by Gasteiger charge is 2.13. The molecule has 5 nitrogen and oxygen atoms in total. The Bertz CT molecular complexity index is 636. The molecule has 21 heavy (non-hydrogen) atoms. The summed E-state index contributed by atoms with van der Waals surface area (Å²) in [5, 5.41) is 8.99. The van der Waals surface area contributed by atoms with Crippen LogP contribution in [0.15, 0.2) is 16.9 Å². The van der Waals surface area contributed by atoms with Gasteiger partial charge in [0.15, 0.2) is 0 Å². The van der Waals surface area contributed by atoms with E-state index in [1.54, 1.807) is 13.8 Å². The molecule has 0 radical (unpaired) electrons. The van der Waals surface area contributed by atoms with Crippen molar-refractivity contribution in [3.63, 3.8) is 0 Å². The van der Waals surface area contributed by atoms with E-state index in [4.69, 9.17) is 10.00 Å². The summed E-state index contributed by atoms with van der Waals surface area (Å²) in [6, 6.07) is 1.90. The van der Waals surface area contributed by atoms with Crippen molar-refractivity contribution in [1.29, 1.82) is 5.26 Å². The summed E-state index contributed by atoms with van der Waals surface area (Å²) in [4.78, 5) is 25.9. The molecule has 0 atom stereocenters. The van der Waals surface area contributed by atoms with Gasteiger partial charge in [-0.3, -0.25) is 9.59 Å². The van der Waals surface area contributed by atoms with E-state index in [1.165, 1.54) is 0 Å². The molecule has 5 heteroatoms. The molecule has 0 aliphatic carbocycles. The Labute approximate surface area is 124 Å². The van der Waals surface area contributed by atoms with E-state index in [2.05, 4.69) is 4.98 Å². The molecule has 0 aromatic carbocycles. The quantitative estimate of drug-likeness (QED) is 0.643. The Morgan fingerprint density at radius 2 is 2.10 bits per heavy atom. The number of H-pyrrole nitrogens is 1. The summed E-state index contributed by atoms with van der Waals surface area (Å²) < 4.78 is 5.06. The van der Waals surface area contributed by atoms with Crippen LogP contribution in [0, 0.1) is 25.2 Å². The van der Waals surface area contributed by atoms with E-state index >= 15 is 0 Å². The minimum absolute atomic E-state index is 0.106. The Balaban J connectivity index is 2.72. The lowest BCUT2D eigenvalue weighted by atomic mass is 9.99. The van der Waals surface area contributed by atoms with E-state index in [0.29, 0.717) is 17.7 Å². The second-order valence-corrected chi connectivity index (χ2v) is 4.73. The number of nitrogens with zero attached hydrogens (tertiary/aromatic N) is 1. The third-order valence-electron chi connectivity index (χ3n) is 3.24. The lowest BCUT2D eigenvalue weighted by molar-refractivity contribution is -0.142. The predicted molar refractivity (Wildman–Crippen MR) is 80.0 cm³/mol. The molecule has 0 saturated carbocycles. The summed E-state index contributed by atoms with van der Waals surface area (Å²) in [6.07, 6.45) is 5.31. The van der Waals surface area contributed by atoms with Gasteiger partial charge in [0.25, 0.3) is 5.56 Å². The number of allylic oxidation sites excluding steroid dienone is 1. The van der Waals surface area contributed by atoms with E-state index < -0.39 is 0 Å². The van der Waals surface area contributed by atoms with Gasteiger partial charge in [0.05, 0.1) is 0 Å². The highest BCUT2D eigenvalue weighted by molar-refractivity contribution is 5.70. The maximum atomic E-state index is 11.6. The van der Waals surface area contributed by atoms with Crippen LogP contribution in [0.2, 0.25) is 0 Å². The highest BCUT2D eigenvalue weighted by atomic mass is 16.5. The van der Waals surface area contributed by atoms with Gasteiger partial charge in [-0.15, -0.1) is 0 Å². The molecule has 1 rings (SSSR count). The van der Waals surface area contributed by atoms with E-state index in [9.17, 15) is 9.59 Å². The smallest absolute Gasteiger partial charge is 0.306 e. The van der Waals surface area contributed by atoms with Crippen LogP contribution in [0.3, 0.4) is 0 Å². The van der Waals surface area contributed by atoms with Gasteiger partial charge in [-0.05, 0) is 37.8 Å². The number of pyridine rings is 1. The zero-order valence-electron chi connectivity index (χ0n) is 12.7. The molecule has 0 spiro atoms. The van der Waals surface area contributed by atoms with Gasteiger partial charge in [0.2, 0.25) is 0 Å². The molecule has 0 aliphatic heterocycles. The summed E-state index contributed by atoms with van der Waals surface area (Å²) in [6.45, 7) is 5.78. The number of aryl methyl sites for hydroxylation is 1. The van der Waals surface area contributed by atoms with Gasteiger partial charge < -0.3 is 9.72 Å². The Morgan fingerprint density at radius 1 is 1.38 bits per heavy atom. The molecule has 1 aromatic rings. The Hall–Kier alpha value is -2.35. The maximum absolute atomic E-state index is 11.6. The monoisotopic (exact) mass is 288 g/mol. The topological polar surface area (TPSA) is 83.0 Å². The first-order valence-corrected chi connectivity index (χ1v) is 6.94. The van der Waals surface area contributed by atoms with E-state index in [-0.39, 0.29) is 30.1 Å². The Morgan fingerprint density at radius 3 is 2.71 bits per heavy atom. The predicted octanol–water partition coefficient (Wildman–Crippen LogP) is 2.31. The number of aromatic amines is 1. The molecular weight excluding hydrogens is 268 g/mol. The van der Waals surface area contributed by atoms with Crippen molar-refractivity contribution in [3.05, 3.63) is 44.9 Å². The minimum Gasteiger partial charge on any atom is -0.461 e. The molecule has 0 amide bonds. The second kappa shape index (κ2) is 8.05. The summed E-state index contributed by atoms with van der Waals surface area (Å²) in [7, 11) is 0. The molecule has 0 saturated heterocycles. The standard InChI is InChI=1S/C16H20N2O3/c1-4-5-6-9-21-15(19)8-7-13-11(2)14(10-17)16(20)18-12(13)3/h5-6H,4,7-9H2,1-3H3,(H,18,20). The van der Waals surface area contributed by atoms with Crippen LogP contribution in [0.1, 0.15) is 42.1 Å². The van der Waals surface area contributed by atoms with Crippen LogP contribution in [0.5, 0.6) is 0 Å². The fraction of sp³-hybridized carbons (Fsp3) is 0.438. The van der Waals surface area contributed by atoms with Crippen LogP contribution in [-0.2, 0) is 16.0 Å². The lowest BCUT2D eigenvalue weighted by Gasteiger charge is -2.10. The number of esters is 1. The van der Waals surface area contributed by atoms with Gasteiger partial charge >= 0.3 is 5.97 Å². The van der Waals surface area contributed by atoms with Crippen molar-refractivity contribution < 1.29 is 9.53 Å². The molecule has 1 N–H and O–H groups in total. The SMILES string of the molecule is CCC=CCOC(=O)CCc1c(C)[nH]c(=O)c(C#N)c1C. The third-order valence-corrected chi connectivity index (χ3v) is 3.24. The van der Waals surface area contributed by atoms with Crippen LogP contribution >= 0.6 is 0 Å². The zero-order valence-corrected chi connectivity index (χ0v) is 12.7. The number of carbonyl (C=O) groups excluding carboxylic acids is 1. The van der Waals surface area contributed by atoms with Crippen molar-refractivity contribution in [3.8, 4) is 6.07 Å². The fourth-order valence-electron chi connectivity index (χ4n) is 2.10.